The molecule has 3 rings (SSSR count). The first-order valence-electron chi connectivity index (χ1n) is 8.68. The number of hydrogen-bond donors (Lipinski definition) is 2. The third-order valence-electron chi connectivity index (χ3n) is 5.16. The number of benzene rings is 1. The highest BCUT2D eigenvalue weighted by Gasteiger charge is 2.33. The molecule has 1 atom stereocenters. The maximum Gasteiger partial charge on any atom is 0.318 e. The molecule has 0 bridgehead atoms. The minimum Gasteiger partial charge on any atom is -0.334 e. The lowest BCUT2D eigenvalue weighted by Crippen LogP contribution is -3.12. The van der Waals surface area contributed by atoms with Crippen molar-refractivity contribution >= 4 is 17.6 Å². The Labute approximate surface area is 143 Å². The summed E-state index contributed by atoms with van der Waals surface area (Å²) in [7, 11) is 2.15. The zero-order chi connectivity index (χ0) is 17.3. The lowest BCUT2D eigenvalue weighted by molar-refractivity contribution is -0.883. The normalized spacial score (nSPS) is 22.1. The van der Waals surface area contributed by atoms with Gasteiger partial charge in [0.1, 0.15) is 0 Å². The average Bonchev–Trinajstić information content (AvgIpc) is 2.91. The molecule has 0 unspecified atom stereocenters. The van der Waals surface area contributed by atoms with E-state index in [1.54, 1.807) is 4.90 Å². The van der Waals surface area contributed by atoms with Crippen molar-refractivity contribution in [1.29, 1.82) is 0 Å². The van der Waals surface area contributed by atoms with E-state index in [0.29, 0.717) is 13.0 Å². The van der Waals surface area contributed by atoms with Gasteiger partial charge in [0.15, 0.2) is 0 Å². The molecular weight excluding hydrogens is 304 g/mol. The Hall–Kier alpha value is -2.08. The van der Waals surface area contributed by atoms with E-state index in [2.05, 4.69) is 19.3 Å². The Morgan fingerprint density at radius 3 is 2.58 bits per heavy atom. The fourth-order valence-corrected chi connectivity index (χ4v) is 3.30. The number of nitrogens with zero attached hydrogens (tertiary/aromatic N) is 2. The number of carbonyl (C=O) groups is 2. The number of quaternary nitrogens is 1. The number of anilines is 1. The Balaban J connectivity index is 1.60. The second-order valence-electron chi connectivity index (χ2n) is 7.07. The largest absolute Gasteiger partial charge is 0.334 e. The maximum atomic E-state index is 12.4. The van der Waals surface area contributed by atoms with E-state index in [1.807, 2.05) is 30.0 Å². The number of piperazine rings is 1. The van der Waals surface area contributed by atoms with Crippen molar-refractivity contribution in [3.63, 3.8) is 0 Å². The molecule has 2 fully saturated rings. The van der Waals surface area contributed by atoms with Crippen LogP contribution in [0.3, 0.4) is 0 Å². The van der Waals surface area contributed by atoms with Gasteiger partial charge in [0.05, 0.1) is 39.3 Å². The van der Waals surface area contributed by atoms with Gasteiger partial charge < -0.3 is 20.0 Å². The monoisotopic (exact) mass is 331 g/mol. The molecule has 0 aliphatic carbocycles. The van der Waals surface area contributed by atoms with Crippen molar-refractivity contribution in [1.82, 2.24) is 10.2 Å². The summed E-state index contributed by atoms with van der Waals surface area (Å²) in [6, 6.07) is 5.91. The van der Waals surface area contributed by atoms with Crippen LogP contribution in [0.2, 0.25) is 0 Å². The molecule has 2 aliphatic rings. The van der Waals surface area contributed by atoms with Crippen LogP contribution in [0.5, 0.6) is 0 Å². The molecule has 2 N–H and O–H groups in total. The van der Waals surface area contributed by atoms with Crippen LogP contribution in [0, 0.1) is 13.8 Å². The number of carbonyl (C=O) groups excluding carboxylic acids is 2. The highest BCUT2D eigenvalue weighted by atomic mass is 16.2. The molecule has 0 aromatic heterocycles. The van der Waals surface area contributed by atoms with Crippen LogP contribution in [0.4, 0.5) is 10.5 Å². The van der Waals surface area contributed by atoms with Crippen molar-refractivity contribution in [2.75, 3.05) is 44.7 Å². The molecule has 1 aromatic carbocycles. The van der Waals surface area contributed by atoms with Gasteiger partial charge in [-0.25, -0.2) is 4.79 Å². The first-order valence-corrected chi connectivity index (χ1v) is 8.68. The first-order chi connectivity index (χ1) is 11.4. The second kappa shape index (κ2) is 6.81. The molecule has 130 valence electrons. The summed E-state index contributed by atoms with van der Waals surface area (Å²) in [5, 5.41) is 3.03. The topological polar surface area (TPSA) is 57.1 Å². The minimum absolute atomic E-state index is 0.0396. The summed E-state index contributed by atoms with van der Waals surface area (Å²) in [4.78, 5) is 29.8. The molecule has 2 aliphatic heterocycles. The molecule has 3 amide bonds. The third kappa shape index (κ3) is 3.53. The fourth-order valence-electron chi connectivity index (χ4n) is 3.30. The van der Waals surface area contributed by atoms with Gasteiger partial charge in [-0.1, -0.05) is 6.07 Å². The molecule has 24 heavy (non-hydrogen) atoms. The Morgan fingerprint density at radius 2 is 1.92 bits per heavy atom. The molecule has 0 saturated carbocycles. The average molecular weight is 331 g/mol. The molecule has 2 saturated heterocycles. The van der Waals surface area contributed by atoms with Crippen LogP contribution in [0.1, 0.15) is 17.5 Å². The first kappa shape index (κ1) is 16.8. The van der Waals surface area contributed by atoms with E-state index in [-0.39, 0.29) is 18.0 Å². The van der Waals surface area contributed by atoms with Gasteiger partial charge in [-0.2, -0.15) is 0 Å². The van der Waals surface area contributed by atoms with Gasteiger partial charge >= 0.3 is 6.03 Å². The smallest absolute Gasteiger partial charge is 0.318 e. The highest BCUT2D eigenvalue weighted by molar-refractivity contribution is 5.96. The van der Waals surface area contributed by atoms with Gasteiger partial charge in [0.25, 0.3) is 0 Å². The van der Waals surface area contributed by atoms with E-state index in [9.17, 15) is 9.59 Å². The van der Waals surface area contributed by atoms with Crippen LogP contribution < -0.4 is 15.1 Å². The van der Waals surface area contributed by atoms with E-state index in [1.165, 1.54) is 16.0 Å². The number of hydrogen-bond acceptors (Lipinski definition) is 2. The number of likely N-dealkylation sites (N-methyl/N-ethyl adjacent to an activating group) is 1. The summed E-state index contributed by atoms with van der Waals surface area (Å²) >= 11 is 0. The van der Waals surface area contributed by atoms with Crippen LogP contribution in [-0.2, 0) is 4.79 Å². The summed E-state index contributed by atoms with van der Waals surface area (Å²) in [6.45, 7) is 8.17. The Bertz CT molecular complexity index is 638. The lowest BCUT2D eigenvalue weighted by atomic mass is 10.1. The summed E-state index contributed by atoms with van der Waals surface area (Å²) in [6.07, 6.45) is 0.373. The number of nitrogens with one attached hydrogen (secondary N) is 2. The van der Waals surface area contributed by atoms with Crippen molar-refractivity contribution in [3.05, 3.63) is 29.3 Å². The SMILES string of the molecule is Cc1ccc(N2C[C@H](NC(=O)N3CC[NH+](C)CC3)CC2=O)cc1C. The standard InChI is InChI=1S/C18H26N4O2/c1-13-4-5-16(10-14(13)2)22-12-15(11-17(22)23)19-18(24)21-8-6-20(3)7-9-21/h4-5,10,15H,6-9,11-12H2,1-3H3,(H,19,24)/p+1/t15-/m1/s1. The van der Waals surface area contributed by atoms with Crippen molar-refractivity contribution in [3.8, 4) is 0 Å². The summed E-state index contributed by atoms with van der Waals surface area (Å²) < 4.78 is 0. The summed E-state index contributed by atoms with van der Waals surface area (Å²) in [5.74, 6) is 0.0753. The maximum absolute atomic E-state index is 12.4. The van der Waals surface area contributed by atoms with Crippen molar-refractivity contribution in [2.24, 2.45) is 0 Å². The molecule has 6 nitrogen and oxygen atoms in total. The summed E-state index contributed by atoms with van der Waals surface area (Å²) in [5.41, 5.74) is 3.31. The van der Waals surface area contributed by atoms with Crippen LogP contribution in [0.25, 0.3) is 0 Å². The van der Waals surface area contributed by atoms with Gasteiger partial charge in [-0.3, -0.25) is 4.79 Å². The van der Waals surface area contributed by atoms with Gasteiger partial charge in [0, 0.05) is 18.7 Å². The number of amides is 3. The van der Waals surface area contributed by atoms with Crippen LogP contribution in [-0.4, -0.2) is 62.7 Å². The van der Waals surface area contributed by atoms with Crippen LogP contribution >= 0.6 is 0 Å². The van der Waals surface area contributed by atoms with E-state index in [4.69, 9.17) is 0 Å². The molecule has 6 heteroatoms. The van der Waals surface area contributed by atoms with Gasteiger partial charge in [0.2, 0.25) is 5.91 Å². The number of aryl methyl sites for hydroxylation is 2. The molecule has 0 spiro atoms. The van der Waals surface area contributed by atoms with Crippen LogP contribution in [0.15, 0.2) is 18.2 Å². The molecular formula is C18H27N4O2+. The predicted octanol–water partition coefficient (Wildman–Crippen LogP) is -0.0514. The zero-order valence-corrected chi connectivity index (χ0v) is 14.8. The Kier molecular flexibility index (Phi) is 4.76. The fraction of sp³-hybridized carbons (Fsp3) is 0.556. The second-order valence-corrected chi connectivity index (χ2v) is 7.07. The van der Waals surface area contributed by atoms with Crippen molar-refractivity contribution in [2.45, 2.75) is 26.3 Å². The number of rotatable bonds is 2. The van der Waals surface area contributed by atoms with Crippen molar-refractivity contribution < 1.29 is 14.5 Å². The zero-order valence-electron chi connectivity index (χ0n) is 14.8. The lowest BCUT2D eigenvalue weighted by Gasteiger charge is -2.31. The highest BCUT2D eigenvalue weighted by Crippen LogP contribution is 2.24. The van der Waals surface area contributed by atoms with E-state index in [0.717, 1.165) is 31.9 Å². The predicted molar refractivity (Wildman–Crippen MR) is 93.4 cm³/mol. The third-order valence-corrected chi connectivity index (χ3v) is 5.16. The molecule has 2 heterocycles. The number of urea groups is 1. The van der Waals surface area contributed by atoms with Gasteiger partial charge in [-0.05, 0) is 37.1 Å². The minimum atomic E-state index is -0.112. The molecule has 0 radical (unpaired) electrons. The van der Waals surface area contributed by atoms with Gasteiger partial charge in [-0.15, -0.1) is 0 Å². The van der Waals surface area contributed by atoms with E-state index < -0.39 is 0 Å². The van der Waals surface area contributed by atoms with E-state index >= 15 is 0 Å². The molecule has 1 aromatic rings. The quantitative estimate of drug-likeness (QED) is 0.798. The Morgan fingerprint density at radius 1 is 1.21 bits per heavy atom.